The zero-order valence-electron chi connectivity index (χ0n) is 7.54. The number of aromatic nitrogens is 1. The van der Waals surface area contributed by atoms with Crippen molar-refractivity contribution in [3.05, 3.63) is 23.9 Å². The van der Waals surface area contributed by atoms with Crippen LogP contribution < -0.4 is 0 Å². The van der Waals surface area contributed by atoms with E-state index >= 15 is 0 Å². The van der Waals surface area contributed by atoms with Crippen molar-refractivity contribution < 1.29 is 22.7 Å². The Bertz CT molecular complexity index is 349. The van der Waals surface area contributed by atoms with E-state index in [4.69, 9.17) is 9.52 Å². The van der Waals surface area contributed by atoms with E-state index in [-0.39, 0.29) is 24.0 Å². The molecular formula is C8H8F3NO2S. The Morgan fingerprint density at radius 3 is 2.73 bits per heavy atom. The van der Waals surface area contributed by atoms with E-state index in [9.17, 15) is 13.2 Å². The van der Waals surface area contributed by atoms with E-state index < -0.39 is 11.9 Å². The molecule has 0 aliphatic heterocycles. The lowest BCUT2D eigenvalue weighted by molar-refractivity contribution is 0.276. The number of rotatable bonds is 5. The van der Waals surface area contributed by atoms with Crippen LogP contribution in [0.15, 0.2) is 27.8 Å². The Hall–Kier alpha value is -0.950. The summed E-state index contributed by atoms with van der Waals surface area (Å²) in [7, 11) is 0. The molecule has 0 fully saturated rings. The molecule has 0 saturated carbocycles. The van der Waals surface area contributed by atoms with E-state index in [1.54, 1.807) is 0 Å². The van der Waals surface area contributed by atoms with Crippen molar-refractivity contribution >= 4 is 11.8 Å². The number of oxazole rings is 1. The van der Waals surface area contributed by atoms with Crippen LogP contribution >= 0.6 is 11.8 Å². The Labute approximate surface area is 88.0 Å². The summed E-state index contributed by atoms with van der Waals surface area (Å²) in [6, 6.07) is 0. The smallest absolute Gasteiger partial charge is 0.301 e. The maximum Gasteiger partial charge on any atom is 0.301 e. The molecule has 1 aromatic rings. The second-order valence-corrected chi connectivity index (χ2v) is 3.57. The molecule has 1 heterocycles. The van der Waals surface area contributed by atoms with Gasteiger partial charge in [0.25, 0.3) is 5.22 Å². The average Bonchev–Trinajstić information content (AvgIpc) is 2.65. The minimum atomic E-state index is -2.29. The van der Waals surface area contributed by atoms with Gasteiger partial charge in [-0.15, -0.1) is 0 Å². The quantitative estimate of drug-likeness (QED) is 0.802. The SMILES string of the molecule is OCc1coc(SCCC(F)=C(F)F)n1. The second kappa shape index (κ2) is 5.82. The summed E-state index contributed by atoms with van der Waals surface area (Å²) in [4.78, 5) is 3.79. The van der Waals surface area contributed by atoms with Gasteiger partial charge in [-0.3, -0.25) is 0 Å². The molecule has 0 bridgehead atoms. The fourth-order valence-corrected chi connectivity index (χ4v) is 1.50. The van der Waals surface area contributed by atoms with Gasteiger partial charge in [-0.2, -0.15) is 8.78 Å². The zero-order valence-corrected chi connectivity index (χ0v) is 8.36. The van der Waals surface area contributed by atoms with Gasteiger partial charge in [0.2, 0.25) is 0 Å². The lowest BCUT2D eigenvalue weighted by Gasteiger charge is -1.94. The van der Waals surface area contributed by atoms with Crippen molar-refractivity contribution in [3.63, 3.8) is 0 Å². The number of nitrogens with zero attached hydrogens (tertiary/aromatic N) is 1. The molecule has 7 heteroatoms. The monoisotopic (exact) mass is 239 g/mol. The third-order valence-electron chi connectivity index (χ3n) is 1.44. The number of halogens is 3. The van der Waals surface area contributed by atoms with E-state index in [1.807, 2.05) is 0 Å². The van der Waals surface area contributed by atoms with Crippen molar-refractivity contribution in [2.24, 2.45) is 0 Å². The minimum Gasteiger partial charge on any atom is -0.440 e. The maximum absolute atomic E-state index is 12.3. The topological polar surface area (TPSA) is 46.3 Å². The normalized spacial score (nSPS) is 10.4. The molecule has 1 rings (SSSR count). The predicted molar refractivity (Wildman–Crippen MR) is 48.1 cm³/mol. The first-order chi connectivity index (χ1) is 7.13. The summed E-state index contributed by atoms with van der Waals surface area (Å²) in [6.45, 7) is -0.253. The van der Waals surface area contributed by atoms with E-state index in [0.717, 1.165) is 11.8 Å². The average molecular weight is 239 g/mol. The summed E-state index contributed by atoms with van der Waals surface area (Å²) in [5.41, 5.74) is 0.352. The molecule has 0 saturated heterocycles. The van der Waals surface area contributed by atoms with E-state index in [0.29, 0.717) is 5.69 Å². The Kier molecular flexibility index (Phi) is 4.70. The van der Waals surface area contributed by atoms with Crippen LogP contribution in [0.1, 0.15) is 12.1 Å². The standard InChI is InChI=1S/C8H8F3NO2S/c9-6(7(10)11)1-2-15-8-12-5(3-13)4-14-8/h4,13H,1-3H2. The molecule has 0 aliphatic rings. The highest BCUT2D eigenvalue weighted by Gasteiger charge is 2.07. The molecule has 0 spiro atoms. The first-order valence-corrected chi connectivity index (χ1v) is 4.99. The Balaban J connectivity index is 2.35. The highest BCUT2D eigenvalue weighted by molar-refractivity contribution is 7.99. The fourth-order valence-electron chi connectivity index (χ4n) is 0.750. The maximum atomic E-state index is 12.3. The van der Waals surface area contributed by atoms with Crippen LogP contribution in [0.3, 0.4) is 0 Å². The lowest BCUT2D eigenvalue weighted by Crippen LogP contribution is -1.84. The number of aliphatic hydroxyl groups is 1. The minimum absolute atomic E-state index is 0.106. The van der Waals surface area contributed by atoms with Crippen molar-refractivity contribution in [1.82, 2.24) is 4.98 Å². The zero-order chi connectivity index (χ0) is 11.3. The van der Waals surface area contributed by atoms with Gasteiger partial charge in [-0.05, 0) is 0 Å². The van der Waals surface area contributed by atoms with Gasteiger partial charge in [-0.25, -0.2) is 9.37 Å². The first-order valence-electron chi connectivity index (χ1n) is 4.01. The molecule has 0 aromatic carbocycles. The molecule has 0 unspecified atom stereocenters. The van der Waals surface area contributed by atoms with Crippen molar-refractivity contribution in [3.8, 4) is 0 Å². The molecule has 0 aliphatic carbocycles. The van der Waals surface area contributed by atoms with Gasteiger partial charge in [-0.1, -0.05) is 11.8 Å². The van der Waals surface area contributed by atoms with Crippen LogP contribution in [0.2, 0.25) is 0 Å². The molecule has 15 heavy (non-hydrogen) atoms. The number of hydrogen-bond donors (Lipinski definition) is 1. The molecule has 1 aromatic heterocycles. The predicted octanol–water partition coefficient (Wildman–Crippen LogP) is 2.73. The summed E-state index contributed by atoms with van der Waals surface area (Å²) in [6.07, 6.45) is -1.41. The van der Waals surface area contributed by atoms with Gasteiger partial charge in [0.05, 0.1) is 6.61 Å². The van der Waals surface area contributed by atoms with E-state index in [1.165, 1.54) is 6.26 Å². The molecule has 3 nitrogen and oxygen atoms in total. The molecular weight excluding hydrogens is 231 g/mol. The van der Waals surface area contributed by atoms with Crippen LogP contribution in [0.25, 0.3) is 0 Å². The molecule has 84 valence electrons. The molecule has 0 amide bonds. The van der Waals surface area contributed by atoms with Gasteiger partial charge < -0.3 is 9.52 Å². The largest absolute Gasteiger partial charge is 0.440 e. The first kappa shape index (κ1) is 12.1. The van der Waals surface area contributed by atoms with Crippen LogP contribution in [0, 0.1) is 0 Å². The van der Waals surface area contributed by atoms with Crippen molar-refractivity contribution in [2.75, 3.05) is 5.75 Å². The molecule has 0 radical (unpaired) electrons. The number of thioether (sulfide) groups is 1. The second-order valence-electron chi connectivity index (χ2n) is 2.53. The van der Waals surface area contributed by atoms with Gasteiger partial charge in [0, 0.05) is 12.2 Å². The van der Waals surface area contributed by atoms with Crippen LogP contribution in [0.4, 0.5) is 13.2 Å². The van der Waals surface area contributed by atoms with Crippen LogP contribution in [-0.4, -0.2) is 15.8 Å². The van der Waals surface area contributed by atoms with Gasteiger partial charge in [0.15, 0.2) is 5.83 Å². The summed E-state index contributed by atoms with van der Waals surface area (Å²) in [5.74, 6) is -1.31. The molecule has 1 N–H and O–H groups in total. The fraction of sp³-hybridized carbons (Fsp3) is 0.375. The van der Waals surface area contributed by atoms with E-state index in [2.05, 4.69) is 4.98 Å². The van der Waals surface area contributed by atoms with Gasteiger partial charge in [0.1, 0.15) is 12.0 Å². The number of allylic oxidation sites excluding steroid dienone is 1. The third kappa shape index (κ3) is 3.96. The summed E-state index contributed by atoms with van der Waals surface area (Å²) >= 11 is 1.01. The number of aliphatic hydroxyl groups excluding tert-OH is 1. The molecule has 0 atom stereocenters. The number of hydrogen-bond acceptors (Lipinski definition) is 4. The summed E-state index contributed by atoms with van der Waals surface area (Å²) < 4.78 is 40.5. The Morgan fingerprint density at radius 2 is 2.20 bits per heavy atom. The Morgan fingerprint density at radius 1 is 1.47 bits per heavy atom. The van der Waals surface area contributed by atoms with Crippen LogP contribution in [0.5, 0.6) is 0 Å². The highest BCUT2D eigenvalue weighted by atomic mass is 32.2. The van der Waals surface area contributed by atoms with Gasteiger partial charge >= 0.3 is 6.08 Å². The van der Waals surface area contributed by atoms with Crippen molar-refractivity contribution in [1.29, 1.82) is 0 Å². The van der Waals surface area contributed by atoms with Crippen molar-refractivity contribution in [2.45, 2.75) is 18.3 Å². The summed E-state index contributed by atoms with van der Waals surface area (Å²) in [5, 5.41) is 8.87. The van der Waals surface area contributed by atoms with Crippen LogP contribution in [-0.2, 0) is 6.61 Å². The highest BCUT2D eigenvalue weighted by Crippen LogP contribution is 2.22. The lowest BCUT2D eigenvalue weighted by atomic mass is 10.4. The third-order valence-corrected chi connectivity index (χ3v) is 2.29.